The van der Waals surface area contributed by atoms with Gasteiger partial charge in [0.15, 0.2) is 0 Å². The Hall–Kier alpha value is -0.830. The van der Waals surface area contributed by atoms with Gasteiger partial charge in [-0.2, -0.15) is 5.10 Å². The van der Waals surface area contributed by atoms with Crippen LogP contribution in [0.1, 0.15) is 44.9 Å². The van der Waals surface area contributed by atoms with Crippen LogP contribution in [0, 0.1) is 12.8 Å². The lowest BCUT2D eigenvalue weighted by atomic mass is 9.95. The quantitative estimate of drug-likeness (QED) is 0.756. The molecular formula is C12H23N3. The second-order valence-electron chi connectivity index (χ2n) is 4.27. The van der Waals surface area contributed by atoms with Crippen molar-refractivity contribution in [2.75, 3.05) is 0 Å². The molecule has 0 saturated heterocycles. The van der Waals surface area contributed by atoms with Crippen molar-refractivity contribution in [3.8, 4) is 0 Å². The van der Waals surface area contributed by atoms with Crippen LogP contribution in [0.2, 0.25) is 0 Å². The van der Waals surface area contributed by atoms with Gasteiger partial charge in [-0.05, 0) is 19.8 Å². The van der Waals surface area contributed by atoms with E-state index in [0.29, 0.717) is 6.04 Å². The largest absolute Gasteiger partial charge is 0.310 e. The molecule has 1 aromatic heterocycles. The molecule has 1 heterocycles. The highest BCUT2D eigenvalue weighted by atomic mass is 15.1. The number of aromatic amines is 1. The lowest BCUT2D eigenvalue weighted by Crippen LogP contribution is -2.32. The third-order valence-electron chi connectivity index (χ3n) is 3.30. The van der Waals surface area contributed by atoms with E-state index >= 15 is 0 Å². The van der Waals surface area contributed by atoms with Crippen molar-refractivity contribution in [2.24, 2.45) is 5.92 Å². The summed E-state index contributed by atoms with van der Waals surface area (Å²) < 4.78 is 0. The molecule has 3 nitrogen and oxygen atoms in total. The van der Waals surface area contributed by atoms with Gasteiger partial charge in [0.1, 0.15) is 0 Å². The summed E-state index contributed by atoms with van der Waals surface area (Å²) in [5.74, 6) is 0.775. The average molecular weight is 209 g/mol. The van der Waals surface area contributed by atoms with Crippen molar-refractivity contribution >= 4 is 0 Å². The number of hydrogen-bond acceptors (Lipinski definition) is 2. The van der Waals surface area contributed by atoms with E-state index in [-0.39, 0.29) is 0 Å². The van der Waals surface area contributed by atoms with Crippen molar-refractivity contribution in [3.05, 3.63) is 17.5 Å². The van der Waals surface area contributed by atoms with Gasteiger partial charge in [0.2, 0.25) is 0 Å². The highest BCUT2D eigenvalue weighted by Gasteiger charge is 2.13. The Kier molecular flexibility index (Phi) is 4.82. The topological polar surface area (TPSA) is 40.7 Å². The van der Waals surface area contributed by atoms with Gasteiger partial charge >= 0.3 is 0 Å². The van der Waals surface area contributed by atoms with E-state index in [2.05, 4.69) is 43.2 Å². The van der Waals surface area contributed by atoms with Crippen LogP contribution in [-0.2, 0) is 6.54 Å². The summed E-state index contributed by atoms with van der Waals surface area (Å²) in [5.41, 5.74) is 2.44. The lowest BCUT2D eigenvalue weighted by molar-refractivity contribution is 0.353. The van der Waals surface area contributed by atoms with Crippen LogP contribution in [0.15, 0.2) is 6.20 Å². The minimum Gasteiger partial charge on any atom is -0.310 e. The molecule has 15 heavy (non-hydrogen) atoms. The predicted molar refractivity (Wildman–Crippen MR) is 63.7 cm³/mol. The Bertz CT molecular complexity index is 276. The summed E-state index contributed by atoms with van der Waals surface area (Å²) in [6.07, 6.45) is 4.39. The molecule has 0 aliphatic heterocycles. The monoisotopic (exact) mass is 209 g/mol. The summed E-state index contributed by atoms with van der Waals surface area (Å²) in [6.45, 7) is 9.77. The molecule has 1 unspecified atom stereocenters. The van der Waals surface area contributed by atoms with Crippen molar-refractivity contribution in [1.29, 1.82) is 0 Å². The fourth-order valence-corrected chi connectivity index (χ4v) is 1.99. The molecule has 0 fully saturated rings. The molecule has 1 atom stereocenters. The minimum atomic E-state index is 0.578. The molecule has 0 amide bonds. The second-order valence-corrected chi connectivity index (χ2v) is 4.27. The molecule has 0 bridgehead atoms. The van der Waals surface area contributed by atoms with Crippen LogP contribution in [0.3, 0.4) is 0 Å². The van der Waals surface area contributed by atoms with Gasteiger partial charge in [-0.15, -0.1) is 0 Å². The molecule has 3 heteroatoms. The van der Waals surface area contributed by atoms with E-state index in [9.17, 15) is 0 Å². The molecule has 0 aromatic carbocycles. The van der Waals surface area contributed by atoms with Gasteiger partial charge in [-0.3, -0.25) is 5.10 Å². The first-order valence-electron chi connectivity index (χ1n) is 5.91. The van der Waals surface area contributed by atoms with E-state index in [1.807, 2.05) is 6.20 Å². The molecule has 1 rings (SSSR count). The number of H-pyrrole nitrogens is 1. The standard InChI is InChI=1S/C12H23N3/c1-5-11(6-2)9(3)13-7-12-8-14-15-10(12)4/h8-9,11,13H,5-7H2,1-4H3,(H,14,15). The minimum absolute atomic E-state index is 0.578. The molecule has 0 aliphatic rings. The smallest absolute Gasteiger partial charge is 0.0535 e. The maximum Gasteiger partial charge on any atom is 0.0535 e. The SMILES string of the molecule is CCC(CC)C(C)NCc1cn[nH]c1C. The molecule has 0 radical (unpaired) electrons. The summed E-state index contributed by atoms with van der Waals surface area (Å²) in [6, 6.07) is 0.578. The van der Waals surface area contributed by atoms with E-state index in [1.165, 1.54) is 24.1 Å². The van der Waals surface area contributed by atoms with Crippen LogP contribution in [0.4, 0.5) is 0 Å². The van der Waals surface area contributed by atoms with Gasteiger partial charge in [0, 0.05) is 23.8 Å². The van der Waals surface area contributed by atoms with Gasteiger partial charge in [-0.25, -0.2) is 0 Å². The first kappa shape index (κ1) is 12.2. The second kappa shape index (κ2) is 5.91. The van der Waals surface area contributed by atoms with Crippen molar-refractivity contribution < 1.29 is 0 Å². The molecular weight excluding hydrogens is 186 g/mol. The summed E-state index contributed by atoms with van der Waals surface area (Å²) >= 11 is 0. The molecule has 0 aliphatic carbocycles. The van der Waals surface area contributed by atoms with Gasteiger partial charge in [0.25, 0.3) is 0 Å². The fourth-order valence-electron chi connectivity index (χ4n) is 1.99. The number of aryl methyl sites for hydroxylation is 1. The van der Waals surface area contributed by atoms with Crippen LogP contribution in [0.5, 0.6) is 0 Å². The Morgan fingerprint density at radius 1 is 1.40 bits per heavy atom. The number of rotatable bonds is 6. The van der Waals surface area contributed by atoms with Gasteiger partial charge < -0.3 is 5.32 Å². The summed E-state index contributed by atoms with van der Waals surface area (Å²) in [5, 5.41) is 10.5. The molecule has 0 spiro atoms. The third-order valence-corrected chi connectivity index (χ3v) is 3.30. The van der Waals surface area contributed by atoms with Crippen LogP contribution < -0.4 is 5.32 Å². The molecule has 86 valence electrons. The van der Waals surface area contributed by atoms with E-state index in [0.717, 1.165) is 12.5 Å². The van der Waals surface area contributed by atoms with Crippen LogP contribution >= 0.6 is 0 Å². The zero-order chi connectivity index (χ0) is 11.3. The third kappa shape index (κ3) is 3.34. The van der Waals surface area contributed by atoms with E-state index in [4.69, 9.17) is 0 Å². The zero-order valence-electron chi connectivity index (χ0n) is 10.3. The molecule has 1 aromatic rings. The van der Waals surface area contributed by atoms with Gasteiger partial charge in [0.05, 0.1) is 6.20 Å². The Morgan fingerprint density at radius 2 is 2.07 bits per heavy atom. The number of nitrogens with zero attached hydrogens (tertiary/aromatic N) is 1. The van der Waals surface area contributed by atoms with Crippen LogP contribution in [0.25, 0.3) is 0 Å². The normalized spacial score (nSPS) is 13.4. The van der Waals surface area contributed by atoms with Crippen molar-refractivity contribution in [1.82, 2.24) is 15.5 Å². The summed E-state index contributed by atoms with van der Waals surface area (Å²) in [4.78, 5) is 0. The van der Waals surface area contributed by atoms with Crippen LogP contribution in [-0.4, -0.2) is 16.2 Å². The molecule has 2 N–H and O–H groups in total. The summed E-state index contributed by atoms with van der Waals surface area (Å²) in [7, 11) is 0. The Morgan fingerprint density at radius 3 is 2.53 bits per heavy atom. The Labute approximate surface area is 92.7 Å². The zero-order valence-corrected chi connectivity index (χ0v) is 10.3. The number of nitrogens with one attached hydrogen (secondary N) is 2. The Balaban J connectivity index is 2.40. The lowest BCUT2D eigenvalue weighted by Gasteiger charge is -2.22. The maximum absolute atomic E-state index is 4.02. The van der Waals surface area contributed by atoms with Crippen molar-refractivity contribution in [3.63, 3.8) is 0 Å². The van der Waals surface area contributed by atoms with E-state index < -0.39 is 0 Å². The molecule has 0 saturated carbocycles. The first-order valence-corrected chi connectivity index (χ1v) is 5.91. The fraction of sp³-hybridized carbons (Fsp3) is 0.750. The highest BCUT2D eigenvalue weighted by molar-refractivity contribution is 5.13. The number of aromatic nitrogens is 2. The average Bonchev–Trinajstić information content (AvgIpc) is 2.63. The number of hydrogen-bond donors (Lipinski definition) is 2. The predicted octanol–water partition coefficient (Wildman–Crippen LogP) is 2.63. The first-order chi connectivity index (χ1) is 7.19. The van der Waals surface area contributed by atoms with E-state index in [1.54, 1.807) is 0 Å². The highest BCUT2D eigenvalue weighted by Crippen LogP contribution is 2.13. The maximum atomic E-state index is 4.02. The van der Waals surface area contributed by atoms with Gasteiger partial charge in [-0.1, -0.05) is 26.7 Å². The van der Waals surface area contributed by atoms with Crippen molar-refractivity contribution in [2.45, 2.75) is 53.1 Å².